The summed E-state index contributed by atoms with van der Waals surface area (Å²) < 4.78 is 71.0. The summed E-state index contributed by atoms with van der Waals surface area (Å²) in [4.78, 5) is 28.4. The SMILES string of the molecule is O=C(C(F)F)N1CCC[C@H](N2Cc3ccc(-c4nnc(C(F)F)o4)cc3C2=O)[C@H]1c1ccc(F)cc1. The first-order chi connectivity index (χ1) is 17.2. The van der Waals surface area contributed by atoms with Crippen molar-refractivity contribution in [2.75, 3.05) is 6.54 Å². The van der Waals surface area contributed by atoms with E-state index in [1.165, 1.54) is 35.2 Å². The molecule has 3 heterocycles. The summed E-state index contributed by atoms with van der Waals surface area (Å²) in [7, 11) is 0. The lowest BCUT2D eigenvalue weighted by atomic mass is 9.89. The molecule has 12 heteroatoms. The van der Waals surface area contributed by atoms with Gasteiger partial charge in [0.2, 0.25) is 5.89 Å². The third-order valence-corrected chi connectivity index (χ3v) is 6.50. The molecule has 0 N–H and O–H groups in total. The van der Waals surface area contributed by atoms with E-state index in [4.69, 9.17) is 4.42 Å². The van der Waals surface area contributed by atoms with Crippen LogP contribution >= 0.6 is 0 Å². The number of benzene rings is 2. The van der Waals surface area contributed by atoms with Crippen LogP contribution in [0, 0.1) is 5.82 Å². The molecule has 5 rings (SSSR count). The van der Waals surface area contributed by atoms with Crippen LogP contribution in [0.3, 0.4) is 0 Å². The van der Waals surface area contributed by atoms with Gasteiger partial charge in [0.05, 0.1) is 12.1 Å². The standard InChI is InChI=1S/C24H19F5N4O3/c25-15-7-5-12(6-8-15)18-17(2-1-9-32(18)24(35)20(28)29)33-11-14-4-3-13(10-16(14)23(33)34)21-30-31-22(36-21)19(26)27/h3-8,10,17-20H,1-2,9,11H2/t17-,18+/m0/s1. The molecular formula is C24H19F5N4O3. The summed E-state index contributed by atoms with van der Waals surface area (Å²) in [6.07, 6.45) is -5.34. The Morgan fingerprint density at radius 2 is 1.81 bits per heavy atom. The van der Waals surface area contributed by atoms with Crippen molar-refractivity contribution in [3.8, 4) is 11.5 Å². The average Bonchev–Trinajstić information content (AvgIpc) is 3.49. The molecule has 3 aromatic rings. The predicted molar refractivity (Wildman–Crippen MR) is 114 cm³/mol. The maximum Gasteiger partial charge on any atom is 0.315 e. The van der Waals surface area contributed by atoms with Gasteiger partial charge >= 0.3 is 12.9 Å². The molecule has 36 heavy (non-hydrogen) atoms. The summed E-state index contributed by atoms with van der Waals surface area (Å²) in [5.74, 6) is -3.30. The van der Waals surface area contributed by atoms with E-state index in [0.717, 1.165) is 4.90 Å². The number of carbonyl (C=O) groups excluding carboxylic acids is 2. The molecule has 0 bridgehead atoms. The number of amides is 2. The van der Waals surface area contributed by atoms with Crippen LogP contribution in [0.5, 0.6) is 0 Å². The van der Waals surface area contributed by atoms with E-state index >= 15 is 0 Å². The first-order valence-corrected chi connectivity index (χ1v) is 11.1. The number of piperidine rings is 1. The highest BCUT2D eigenvalue weighted by atomic mass is 19.3. The van der Waals surface area contributed by atoms with E-state index in [1.807, 2.05) is 0 Å². The second-order valence-electron chi connectivity index (χ2n) is 8.59. The van der Waals surface area contributed by atoms with Gasteiger partial charge in [-0.15, -0.1) is 10.2 Å². The Morgan fingerprint density at radius 1 is 1.06 bits per heavy atom. The van der Waals surface area contributed by atoms with Gasteiger partial charge in [0.25, 0.3) is 17.7 Å². The summed E-state index contributed by atoms with van der Waals surface area (Å²) >= 11 is 0. The van der Waals surface area contributed by atoms with Crippen molar-refractivity contribution in [2.45, 2.75) is 44.3 Å². The Balaban J connectivity index is 1.48. The van der Waals surface area contributed by atoms with Crippen molar-refractivity contribution in [3.05, 3.63) is 70.9 Å². The van der Waals surface area contributed by atoms with Crippen molar-refractivity contribution in [3.63, 3.8) is 0 Å². The number of fused-ring (bicyclic) bond motifs is 1. The van der Waals surface area contributed by atoms with Gasteiger partial charge in [-0.1, -0.05) is 18.2 Å². The second kappa shape index (κ2) is 9.32. The number of nitrogens with zero attached hydrogens (tertiary/aromatic N) is 4. The summed E-state index contributed by atoms with van der Waals surface area (Å²) in [5, 5.41) is 6.90. The van der Waals surface area contributed by atoms with Crippen molar-refractivity contribution in [2.24, 2.45) is 0 Å². The number of rotatable bonds is 5. The Morgan fingerprint density at radius 3 is 2.47 bits per heavy atom. The molecule has 2 aromatic carbocycles. The number of hydrogen-bond acceptors (Lipinski definition) is 5. The predicted octanol–water partition coefficient (Wildman–Crippen LogP) is 4.77. The quantitative estimate of drug-likeness (QED) is 0.466. The van der Waals surface area contributed by atoms with Gasteiger partial charge in [0, 0.05) is 24.2 Å². The molecule has 2 aliphatic heterocycles. The number of aromatic nitrogens is 2. The topological polar surface area (TPSA) is 79.5 Å². The fourth-order valence-electron chi connectivity index (χ4n) is 4.90. The lowest BCUT2D eigenvalue weighted by molar-refractivity contribution is -0.149. The Bertz CT molecular complexity index is 1300. The minimum atomic E-state index is -3.23. The Hall–Kier alpha value is -3.83. The van der Waals surface area contributed by atoms with Crippen LogP contribution in [-0.2, 0) is 11.3 Å². The highest BCUT2D eigenvalue weighted by Crippen LogP contribution is 2.40. The van der Waals surface area contributed by atoms with E-state index in [9.17, 15) is 31.5 Å². The van der Waals surface area contributed by atoms with Crippen LogP contribution in [0.25, 0.3) is 11.5 Å². The van der Waals surface area contributed by atoms with Crippen LogP contribution < -0.4 is 0 Å². The first-order valence-electron chi connectivity index (χ1n) is 11.1. The molecule has 0 spiro atoms. The first kappa shape index (κ1) is 23.9. The van der Waals surface area contributed by atoms with Gasteiger partial charge in [-0.05, 0) is 48.2 Å². The van der Waals surface area contributed by atoms with Gasteiger partial charge in [-0.3, -0.25) is 9.59 Å². The highest BCUT2D eigenvalue weighted by Gasteiger charge is 2.44. The smallest absolute Gasteiger partial charge is 0.315 e. The van der Waals surface area contributed by atoms with Gasteiger partial charge in [0.15, 0.2) is 0 Å². The molecule has 0 aliphatic carbocycles. The fraction of sp³-hybridized carbons (Fsp3) is 0.333. The van der Waals surface area contributed by atoms with Crippen LogP contribution in [0.1, 0.15) is 52.7 Å². The molecule has 1 saturated heterocycles. The third-order valence-electron chi connectivity index (χ3n) is 6.50. The monoisotopic (exact) mass is 506 g/mol. The number of likely N-dealkylation sites (tertiary alicyclic amines) is 1. The van der Waals surface area contributed by atoms with Gasteiger partial charge in [-0.25, -0.2) is 4.39 Å². The molecule has 0 radical (unpaired) electrons. The molecule has 2 amide bonds. The zero-order chi connectivity index (χ0) is 25.6. The maximum atomic E-state index is 13.6. The van der Waals surface area contributed by atoms with Crippen LogP contribution in [0.2, 0.25) is 0 Å². The van der Waals surface area contributed by atoms with E-state index in [-0.39, 0.29) is 30.1 Å². The van der Waals surface area contributed by atoms with Crippen LogP contribution in [0.4, 0.5) is 22.0 Å². The normalized spacial score (nSPS) is 19.9. The number of halogens is 5. The van der Waals surface area contributed by atoms with Gasteiger partial charge < -0.3 is 14.2 Å². The van der Waals surface area contributed by atoms with Crippen LogP contribution in [0.15, 0.2) is 46.9 Å². The van der Waals surface area contributed by atoms with E-state index in [2.05, 4.69) is 10.2 Å². The largest absolute Gasteiger partial charge is 0.415 e. The molecule has 2 aliphatic rings. The molecule has 7 nitrogen and oxygen atoms in total. The van der Waals surface area contributed by atoms with Crippen LogP contribution in [-0.4, -0.2) is 50.8 Å². The molecule has 188 valence electrons. The van der Waals surface area contributed by atoms with Crippen molar-refractivity contribution >= 4 is 11.8 Å². The Labute approximate surface area is 201 Å². The second-order valence-corrected chi connectivity index (χ2v) is 8.59. The molecule has 2 atom stereocenters. The minimum Gasteiger partial charge on any atom is -0.415 e. The fourth-order valence-corrected chi connectivity index (χ4v) is 4.90. The van der Waals surface area contributed by atoms with E-state index in [0.29, 0.717) is 24.0 Å². The molecule has 1 fully saturated rings. The molecule has 0 unspecified atom stereocenters. The van der Waals surface area contributed by atoms with Gasteiger partial charge in [-0.2, -0.15) is 17.6 Å². The average molecular weight is 506 g/mol. The van der Waals surface area contributed by atoms with Crippen molar-refractivity contribution in [1.29, 1.82) is 0 Å². The number of carbonyl (C=O) groups is 2. The summed E-state index contributed by atoms with van der Waals surface area (Å²) in [5.41, 5.74) is 1.62. The molecule has 1 aromatic heterocycles. The summed E-state index contributed by atoms with van der Waals surface area (Å²) in [6, 6.07) is 8.30. The number of alkyl halides is 4. The highest BCUT2D eigenvalue weighted by molar-refractivity contribution is 5.99. The lowest BCUT2D eigenvalue weighted by Crippen LogP contribution is -2.53. The minimum absolute atomic E-state index is 0.0739. The van der Waals surface area contributed by atoms with Crippen molar-refractivity contribution in [1.82, 2.24) is 20.0 Å². The van der Waals surface area contributed by atoms with E-state index < -0.39 is 48.5 Å². The van der Waals surface area contributed by atoms with Crippen molar-refractivity contribution < 1.29 is 36.0 Å². The molecular weight excluding hydrogens is 487 g/mol. The molecule has 0 saturated carbocycles. The maximum absolute atomic E-state index is 13.6. The number of hydrogen-bond donors (Lipinski definition) is 0. The lowest BCUT2D eigenvalue weighted by Gasteiger charge is -2.45. The zero-order valence-electron chi connectivity index (χ0n) is 18.6. The third kappa shape index (κ3) is 4.20. The van der Waals surface area contributed by atoms with E-state index in [1.54, 1.807) is 12.1 Å². The zero-order valence-corrected chi connectivity index (χ0v) is 18.6. The summed E-state index contributed by atoms with van der Waals surface area (Å²) in [6.45, 7) is 0.226. The van der Waals surface area contributed by atoms with Gasteiger partial charge in [0.1, 0.15) is 5.82 Å². The Kier molecular flexibility index (Phi) is 6.19.